The van der Waals surface area contributed by atoms with Gasteiger partial charge < -0.3 is 4.42 Å². The third-order valence-electron chi connectivity index (χ3n) is 7.44. The third-order valence-corrected chi connectivity index (χ3v) is 8.39. The average Bonchev–Trinajstić information content (AvgIpc) is 3.40. The van der Waals surface area contributed by atoms with Gasteiger partial charge in [-0.2, -0.15) is 5.10 Å². The smallest absolute Gasteiger partial charge is 0.285 e. The van der Waals surface area contributed by atoms with Gasteiger partial charge in [-0.15, -0.1) is 15.3 Å². The van der Waals surface area contributed by atoms with Crippen LogP contribution in [0.2, 0.25) is 0 Å². The van der Waals surface area contributed by atoms with E-state index in [2.05, 4.69) is 32.3 Å². The lowest BCUT2D eigenvalue weighted by Gasteiger charge is -2.39. The Kier molecular flexibility index (Phi) is 7.23. The second kappa shape index (κ2) is 10.5. The molecule has 1 aromatic carbocycles. The maximum Gasteiger partial charge on any atom is 0.285 e. The van der Waals surface area contributed by atoms with E-state index in [0.717, 1.165) is 36.8 Å². The van der Waals surface area contributed by atoms with E-state index in [9.17, 15) is 17.2 Å². The van der Waals surface area contributed by atoms with Gasteiger partial charge in [0, 0.05) is 18.9 Å². The van der Waals surface area contributed by atoms with Gasteiger partial charge in [0.25, 0.3) is 5.89 Å². The fourth-order valence-corrected chi connectivity index (χ4v) is 5.84. The van der Waals surface area contributed by atoms with Crippen LogP contribution in [0.3, 0.4) is 0 Å². The summed E-state index contributed by atoms with van der Waals surface area (Å²) in [7, 11) is -3.18. The molecular formula is C27H28F2N6O3S. The summed E-state index contributed by atoms with van der Waals surface area (Å²) >= 11 is 0. The summed E-state index contributed by atoms with van der Waals surface area (Å²) in [5.74, 6) is -0.848. The predicted octanol–water partition coefficient (Wildman–Crippen LogP) is 4.83. The summed E-state index contributed by atoms with van der Waals surface area (Å²) in [6.07, 6.45) is 5.91. The molecule has 4 aromatic rings. The molecule has 0 spiro atoms. The van der Waals surface area contributed by atoms with E-state index < -0.39 is 26.9 Å². The van der Waals surface area contributed by atoms with Gasteiger partial charge in [0.05, 0.1) is 33.8 Å². The summed E-state index contributed by atoms with van der Waals surface area (Å²) in [4.78, 5) is 9.08. The van der Waals surface area contributed by atoms with Crippen LogP contribution in [0.5, 0.6) is 0 Å². The summed E-state index contributed by atoms with van der Waals surface area (Å²) in [5, 5.41) is 16.8. The Bertz CT molecular complexity index is 1610. The molecule has 0 saturated carbocycles. The first-order chi connectivity index (χ1) is 18.6. The Labute approximate surface area is 225 Å². The second-order valence-corrected chi connectivity index (χ2v) is 12.1. The van der Waals surface area contributed by atoms with Crippen molar-refractivity contribution in [1.82, 2.24) is 30.4 Å². The number of hydrogen-bond donors (Lipinski definition) is 0. The Morgan fingerprint density at radius 1 is 1.08 bits per heavy atom. The van der Waals surface area contributed by atoms with Crippen molar-refractivity contribution < 1.29 is 21.6 Å². The molecule has 0 radical (unpaired) electrons. The lowest BCUT2D eigenvalue weighted by atomic mass is 9.65. The largest absolute Gasteiger partial charge is 0.418 e. The van der Waals surface area contributed by atoms with Crippen molar-refractivity contribution in [2.45, 2.75) is 57.3 Å². The summed E-state index contributed by atoms with van der Waals surface area (Å²) < 4.78 is 57.8. The van der Waals surface area contributed by atoms with Crippen LogP contribution >= 0.6 is 0 Å². The summed E-state index contributed by atoms with van der Waals surface area (Å²) in [6.45, 7) is 4.12. The molecule has 1 aliphatic rings. The third kappa shape index (κ3) is 5.17. The van der Waals surface area contributed by atoms with Gasteiger partial charge in [-0.25, -0.2) is 27.2 Å². The van der Waals surface area contributed by atoms with Crippen LogP contribution < -0.4 is 0 Å². The lowest BCUT2D eigenvalue weighted by molar-refractivity contribution is 0.353. The van der Waals surface area contributed by atoms with E-state index in [0.29, 0.717) is 12.1 Å². The maximum absolute atomic E-state index is 14.6. The van der Waals surface area contributed by atoms with E-state index in [1.54, 1.807) is 12.3 Å². The number of nitrogens with zero attached hydrogens (tertiary/aromatic N) is 6. The van der Waals surface area contributed by atoms with Crippen LogP contribution in [0.4, 0.5) is 8.78 Å². The van der Waals surface area contributed by atoms with Crippen molar-refractivity contribution in [3.63, 3.8) is 0 Å². The van der Waals surface area contributed by atoms with Crippen molar-refractivity contribution in [1.29, 1.82) is 0 Å². The number of halogens is 2. The molecular weight excluding hydrogens is 526 g/mol. The molecule has 9 nitrogen and oxygen atoms in total. The number of hydrogen-bond acceptors (Lipinski definition) is 9. The predicted molar refractivity (Wildman–Crippen MR) is 139 cm³/mol. The van der Waals surface area contributed by atoms with Crippen LogP contribution in [-0.4, -0.2) is 50.8 Å². The molecule has 0 aliphatic heterocycles. The fourth-order valence-electron chi connectivity index (χ4n) is 5.29. The number of fused-ring (bicyclic) bond motifs is 1. The zero-order chi connectivity index (χ0) is 27.8. The molecule has 0 bridgehead atoms. The maximum atomic E-state index is 14.6. The Balaban J connectivity index is 1.56. The molecule has 3 heterocycles. The van der Waals surface area contributed by atoms with Gasteiger partial charge in [0.15, 0.2) is 0 Å². The Morgan fingerprint density at radius 2 is 1.85 bits per heavy atom. The first kappa shape index (κ1) is 26.9. The molecule has 0 amide bonds. The van der Waals surface area contributed by atoms with Crippen LogP contribution in [0.25, 0.3) is 23.0 Å². The quantitative estimate of drug-likeness (QED) is 0.301. The molecule has 39 heavy (non-hydrogen) atoms. The summed E-state index contributed by atoms with van der Waals surface area (Å²) in [5.41, 5.74) is 1.68. The lowest BCUT2D eigenvalue weighted by Crippen LogP contribution is -2.36. The standard InChI is InChI=1S/C27H28F2N6O3S/c1-4-16-9-12-27(5-2,24-17(16)15-20(32-34-24)23-18(28)7-6-8-19(23)29)21-10-13-30-25(31-21)26-35-33-22(38-26)11-14-39(3,36)37/h6-8,10,13,15-16H,4-5,9,11-12,14H2,1-3H3/t16-,27+/m0/s1. The number of benzene rings is 1. The minimum Gasteiger partial charge on any atom is -0.418 e. The molecule has 204 valence electrons. The number of sulfone groups is 1. The van der Waals surface area contributed by atoms with Gasteiger partial charge in [0.2, 0.25) is 11.7 Å². The molecule has 1 aliphatic carbocycles. The van der Waals surface area contributed by atoms with Crippen LogP contribution in [-0.2, 0) is 21.7 Å². The molecule has 0 N–H and O–H groups in total. The van der Waals surface area contributed by atoms with Gasteiger partial charge in [-0.05, 0) is 61.4 Å². The Morgan fingerprint density at radius 3 is 2.54 bits per heavy atom. The summed E-state index contributed by atoms with van der Waals surface area (Å²) in [6, 6.07) is 7.31. The highest BCUT2D eigenvalue weighted by Gasteiger charge is 2.43. The Hall–Kier alpha value is -3.67. The van der Waals surface area contributed by atoms with Crippen molar-refractivity contribution in [2.75, 3.05) is 12.0 Å². The van der Waals surface area contributed by atoms with Crippen molar-refractivity contribution in [2.24, 2.45) is 0 Å². The van der Waals surface area contributed by atoms with E-state index in [1.165, 1.54) is 18.2 Å². The van der Waals surface area contributed by atoms with E-state index in [4.69, 9.17) is 9.40 Å². The average molecular weight is 555 g/mol. The topological polar surface area (TPSA) is 125 Å². The zero-order valence-corrected chi connectivity index (χ0v) is 22.7. The molecule has 2 atom stereocenters. The minimum absolute atomic E-state index is 0.0885. The molecule has 0 unspecified atom stereocenters. The van der Waals surface area contributed by atoms with Gasteiger partial charge in [0.1, 0.15) is 21.5 Å². The van der Waals surface area contributed by atoms with Crippen LogP contribution in [0, 0.1) is 11.6 Å². The second-order valence-electron chi connectivity index (χ2n) is 9.86. The normalized spacial score (nSPS) is 19.2. The van der Waals surface area contributed by atoms with Crippen molar-refractivity contribution in [3.8, 4) is 23.0 Å². The minimum atomic E-state index is -3.18. The highest BCUT2D eigenvalue weighted by molar-refractivity contribution is 7.90. The molecule has 3 aromatic heterocycles. The van der Waals surface area contributed by atoms with Crippen molar-refractivity contribution in [3.05, 3.63) is 71.0 Å². The molecule has 0 fully saturated rings. The number of rotatable bonds is 8. The molecule has 12 heteroatoms. The first-order valence-corrected chi connectivity index (χ1v) is 14.9. The molecule has 0 saturated heterocycles. The number of aryl methyl sites for hydroxylation is 1. The van der Waals surface area contributed by atoms with Gasteiger partial charge >= 0.3 is 0 Å². The highest BCUT2D eigenvalue weighted by atomic mass is 32.2. The SMILES string of the molecule is CC[C@H]1CC[C@](CC)(c2ccnc(-c3nnc(CCS(C)(=O)=O)o3)n2)c2nnc(-c3c(F)cccc3F)cc21. The van der Waals surface area contributed by atoms with Crippen LogP contribution in [0.1, 0.15) is 68.3 Å². The fraction of sp³-hybridized carbons (Fsp3) is 0.407. The van der Waals surface area contributed by atoms with E-state index >= 15 is 0 Å². The van der Waals surface area contributed by atoms with Gasteiger partial charge in [-0.3, -0.25) is 0 Å². The first-order valence-electron chi connectivity index (χ1n) is 12.8. The van der Waals surface area contributed by atoms with Gasteiger partial charge in [-0.1, -0.05) is 19.9 Å². The van der Waals surface area contributed by atoms with E-state index in [1.807, 2.05) is 13.0 Å². The van der Waals surface area contributed by atoms with E-state index in [-0.39, 0.29) is 47.0 Å². The van der Waals surface area contributed by atoms with Crippen LogP contribution in [0.15, 0.2) is 40.9 Å². The number of aromatic nitrogens is 6. The molecule has 5 rings (SSSR count). The van der Waals surface area contributed by atoms with Crippen molar-refractivity contribution >= 4 is 9.84 Å². The monoisotopic (exact) mass is 554 g/mol. The zero-order valence-electron chi connectivity index (χ0n) is 21.9. The highest BCUT2D eigenvalue weighted by Crippen LogP contribution is 2.49.